The lowest BCUT2D eigenvalue weighted by Gasteiger charge is -2.34. The third kappa shape index (κ3) is 3.15. The van der Waals surface area contributed by atoms with Crippen LogP contribution in [0.5, 0.6) is 0 Å². The summed E-state index contributed by atoms with van der Waals surface area (Å²) >= 11 is 1.41. The minimum Gasteiger partial charge on any atom is -0.329 e. The SMILES string of the molecule is CCC(CCC#N)(c1ccccc1)n1ncc2c(NSC)cc(F)cc21. The molecule has 0 spiro atoms. The molecule has 0 bridgehead atoms. The lowest BCUT2D eigenvalue weighted by molar-refractivity contribution is 0.298. The van der Waals surface area contributed by atoms with Gasteiger partial charge in [0.15, 0.2) is 0 Å². The first kappa shape index (κ1) is 18.3. The van der Waals surface area contributed by atoms with Gasteiger partial charge in [-0.25, -0.2) is 4.39 Å². The number of aromatic nitrogens is 2. The van der Waals surface area contributed by atoms with Crippen molar-refractivity contribution in [3.8, 4) is 6.07 Å². The molecule has 0 saturated heterocycles. The fourth-order valence-electron chi connectivity index (χ4n) is 3.54. The predicted octanol–water partition coefficient (Wildman–Crippen LogP) is 5.32. The number of halogens is 1. The van der Waals surface area contributed by atoms with Crippen molar-refractivity contribution in [3.63, 3.8) is 0 Å². The summed E-state index contributed by atoms with van der Waals surface area (Å²) in [6.45, 7) is 2.08. The van der Waals surface area contributed by atoms with Crippen LogP contribution < -0.4 is 4.72 Å². The van der Waals surface area contributed by atoms with Crippen LogP contribution in [0, 0.1) is 17.1 Å². The molecule has 3 rings (SSSR count). The summed E-state index contributed by atoms with van der Waals surface area (Å²) in [7, 11) is 0. The van der Waals surface area contributed by atoms with Gasteiger partial charge in [0.25, 0.3) is 0 Å². The average Bonchev–Trinajstić information content (AvgIpc) is 3.08. The number of nitriles is 1. The first-order valence-electron chi connectivity index (χ1n) is 8.55. The van der Waals surface area contributed by atoms with Crippen molar-refractivity contribution >= 4 is 28.5 Å². The molecular formula is C20H21FN4S. The smallest absolute Gasteiger partial charge is 0.127 e. The van der Waals surface area contributed by atoms with E-state index in [-0.39, 0.29) is 5.82 Å². The van der Waals surface area contributed by atoms with E-state index in [0.717, 1.165) is 22.9 Å². The number of hydrogen-bond acceptors (Lipinski definition) is 4. The van der Waals surface area contributed by atoms with Crippen molar-refractivity contribution in [1.29, 1.82) is 5.26 Å². The Morgan fingerprint density at radius 3 is 2.73 bits per heavy atom. The number of rotatable bonds is 7. The minimum atomic E-state index is -0.497. The Kier molecular flexibility index (Phi) is 5.48. The Morgan fingerprint density at radius 1 is 1.31 bits per heavy atom. The van der Waals surface area contributed by atoms with Crippen molar-refractivity contribution < 1.29 is 4.39 Å². The van der Waals surface area contributed by atoms with Crippen LogP contribution in [-0.2, 0) is 5.54 Å². The zero-order valence-corrected chi connectivity index (χ0v) is 15.7. The molecular weight excluding hydrogens is 347 g/mol. The van der Waals surface area contributed by atoms with E-state index in [1.165, 1.54) is 24.1 Å². The predicted molar refractivity (Wildman–Crippen MR) is 105 cm³/mol. The maximum atomic E-state index is 14.3. The zero-order valence-electron chi connectivity index (χ0n) is 14.9. The third-order valence-electron chi connectivity index (χ3n) is 4.82. The Bertz CT molecular complexity index is 932. The molecule has 1 atom stereocenters. The summed E-state index contributed by atoms with van der Waals surface area (Å²) in [4.78, 5) is 0. The van der Waals surface area contributed by atoms with Crippen molar-refractivity contribution in [3.05, 3.63) is 60.0 Å². The van der Waals surface area contributed by atoms with Gasteiger partial charge in [-0.1, -0.05) is 49.2 Å². The van der Waals surface area contributed by atoms with Crippen molar-refractivity contribution in [2.24, 2.45) is 0 Å². The summed E-state index contributed by atoms with van der Waals surface area (Å²) in [5.74, 6) is -0.311. The molecule has 0 fully saturated rings. The molecule has 0 aliphatic heterocycles. The number of anilines is 1. The molecule has 0 saturated carbocycles. The van der Waals surface area contributed by atoms with E-state index < -0.39 is 5.54 Å². The fraction of sp³-hybridized carbons (Fsp3) is 0.300. The van der Waals surface area contributed by atoms with Crippen LogP contribution in [0.25, 0.3) is 10.9 Å². The van der Waals surface area contributed by atoms with Crippen LogP contribution in [0.1, 0.15) is 31.7 Å². The molecule has 26 heavy (non-hydrogen) atoms. The highest BCUT2D eigenvalue weighted by molar-refractivity contribution is 7.99. The lowest BCUT2D eigenvalue weighted by Crippen LogP contribution is -2.35. The van der Waals surface area contributed by atoms with E-state index in [0.29, 0.717) is 18.5 Å². The van der Waals surface area contributed by atoms with Gasteiger partial charge in [0, 0.05) is 18.1 Å². The Balaban J connectivity index is 2.26. The topological polar surface area (TPSA) is 53.6 Å². The second kappa shape index (κ2) is 7.79. The van der Waals surface area contributed by atoms with Crippen molar-refractivity contribution in [2.45, 2.75) is 31.7 Å². The molecule has 1 heterocycles. The Morgan fingerprint density at radius 2 is 2.08 bits per heavy atom. The molecule has 1 aromatic heterocycles. The van der Waals surface area contributed by atoms with Crippen molar-refractivity contribution in [2.75, 3.05) is 11.0 Å². The maximum absolute atomic E-state index is 14.3. The van der Waals surface area contributed by atoms with Crippen LogP contribution in [0.3, 0.4) is 0 Å². The zero-order chi connectivity index (χ0) is 18.6. The first-order valence-corrected chi connectivity index (χ1v) is 9.78. The largest absolute Gasteiger partial charge is 0.329 e. The highest BCUT2D eigenvalue weighted by Gasteiger charge is 2.34. The van der Waals surface area contributed by atoms with Crippen LogP contribution in [0.4, 0.5) is 10.1 Å². The molecule has 0 aliphatic carbocycles. The second-order valence-electron chi connectivity index (χ2n) is 6.16. The molecule has 6 heteroatoms. The summed E-state index contributed by atoms with van der Waals surface area (Å²) in [5.41, 5.74) is 2.01. The first-order chi connectivity index (χ1) is 12.7. The molecule has 0 amide bonds. The van der Waals surface area contributed by atoms with Gasteiger partial charge in [-0.15, -0.1) is 0 Å². The Hall–Kier alpha value is -2.52. The molecule has 2 aromatic carbocycles. The second-order valence-corrected chi connectivity index (χ2v) is 6.77. The van der Waals surface area contributed by atoms with Gasteiger partial charge in [-0.05, 0) is 30.5 Å². The number of fused-ring (bicyclic) bond motifs is 1. The number of nitrogens with one attached hydrogen (secondary N) is 1. The third-order valence-corrected chi connectivity index (χ3v) is 5.24. The van der Waals surface area contributed by atoms with Gasteiger partial charge in [-0.2, -0.15) is 10.4 Å². The number of benzene rings is 2. The van der Waals surface area contributed by atoms with E-state index in [4.69, 9.17) is 0 Å². The maximum Gasteiger partial charge on any atom is 0.127 e. The normalized spacial score (nSPS) is 13.3. The number of hydrogen-bond donors (Lipinski definition) is 1. The lowest BCUT2D eigenvalue weighted by atomic mass is 9.83. The molecule has 0 radical (unpaired) electrons. The quantitative estimate of drug-likeness (QED) is 0.573. The molecule has 0 aliphatic rings. The highest BCUT2D eigenvalue weighted by Crippen LogP contribution is 2.38. The molecule has 1 N–H and O–H groups in total. The van der Waals surface area contributed by atoms with Crippen LogP contribution in [0.15, 0.2) is 48.7 Å². The standard InChI is InChI=1S/C20H21FN4S/c1-3-20(10-7-11-22,15-8-5-4-6-9-15)25-19-13-16(21)12-18(24-26-2)17(19)14-23-25/h4-6,8-9,12-14,24H,3,7,10H2,1-2H3. The molecule has 134 valence electrons. The number of nitrogens with zero attached hydrogens (tertiary/aromatic N) is 3. The van der Waals surface area contributed by atoms with E-state index in [1.54, 1.807) is 6.20 Å². The molecule has 3 aromatic rings. The summed E-state index contributed by atoms with van der Waals surface area (Å²) < 4.78 is 19.3. The van der Waals surface area contributed by atoms with Gasteiger partial charge in [0.1, 0.15) is 5.82 Å². The van der Waals surface area contributed by atoms with Gasteiger partial charge >= 0.3 is 0 Å². The fourth-order valence-corrected chi connectivity index (χ4v) is 3.93. The average molecular weight is 368 g/mol. The van der Waals surface area contributed by atoms with E-state index >= 15 is 0 Å². The summed E-state index contributed by atoms with van der Waals surface area (Å²) in [6.07, 6.45) is 5.43. The van der Waals surface area contributed by atoms with E-state index in [2.05, 4.69) is 34.9 Å². The van der Waals surface area contributed by atoms with E-state index in [9.17, 15) is 9.65 Å². The monoisotopic (exact) mass is 368 g/mol. The van der Waals surface area contributed by atoms with Gasteiger partial charge in [0.2, 0.25) is 0 Å². The molecule has 1 unspecified atom stereocenters. The van der Waals surface area contributed by atoms with Crippen molar-refractivity contribution in [1.82, 2.24) is 9.78 Å². The Labute approximate surface area is 157 Å². The highest BCUT2D eigenvalue weighted by atomic mass is 32.2. The van der Waals surface area contributed by atoms with Gasteiger partial charge in [-0.3, -0.25) is 4.68 Å². The molecule has 4 nitrogen and oxygen atoms in total. The minimum absolute atomic E-state index is 0.311. The summed E-state index contributed by atoms with van der Waals surface area (Å²) in [6, 6.07) is 15.3. The van der Waals surface area contributed by atoms with E-state index in [1.807, 2.05) is 29.1 Å². The van der Waals surface area contributed by atoms with Gasteiger partial charge in [0.05, 0.1) is 29.0 Å². The van der Waals surface area contributed by atoms with Crippen LogP contribution in [0.2, 0.25) is 0 Å². The van der Waals surface area contributed by atoms with Gasteiger partial charge < -0.3 is 4.72 Å². The van der Waals surface area contributed by atoms with Crippen LogP contribution in [-0.4, -0.2) is 16.0 Å². The summed E-state index contributed by atoms with van der Waals surface area (Å²) in [5, 5.41) is 14.7. The van der Waals surface area contributed by atoms with Crippen LogP contribution >= 0.6 is 11.9 Å².